The molecule has 4 heteroatoms. The molecule has 0 aliphatic heterocycles. The van der Waals surface area contributed by atoms with Crippen molar-refractivity contribution in [2.45, 2.75) is 33.2 Å². The third-order valence-corrected chi connectivity index (χ3v) is 2.30. The molecule has 1 N–H and O–H groups in total. The van der Waals surface area contributed by atoms with Gasteiger partial charge in [0.1, 0.15) is 0 Å². The summed E-state index contributed by atoms with van der Waals surface area (Å²) >= 11 is 0. The molecule has 0 aromatic heterocycles. The van der Waals surface area contributed by atoms with Crippen LogP contribution in [0.15, 0.2) is 0 Å². The zero-order valence-corrected chi connectivity index (χ0v) is 11.0. The van der Waals surface area contributed by atoms with Crippen molar-refractivity contribution in [3.63, 3.8) is 0 Å². The first-order valence-corrected chi connectivity index (χ1v) is 6.27. The molecule has 0 rings (SSSR count). The zero-order valence-electron chi connectivity index (χ0n) is 11.0. The van der Waals surface area contributed by atoms with Gasteiger partial charge in [-0.15, -0.1) is 0 Å². The summed E-state index contributed by atoms with van der Waals surface area (Å²) in [6, 6.07) is 0.575. The minimum atomic E-state index is 0. The molecule has 0 saturated heterocycles. The fourth-order valence-corrected chi connectivity index (χ4v) is 1.11. The predicted octanol–water partition coefficient (Wildman–Crippen LogP) is 1.69. The number of hydrogen-bond donors (Lipinski definition) is 1. The van der Waals surface area contributed by atoms with Crippen LogP contribution in [0.25, 0.3) is 0 Å². The van der Waals surface area contributed by atoms with Gasteiger partial charge in [-0.3, -0.25) is 0 Å². The Morgan fingerprint density at radius 1 is 0.938 bits per heavy atom. The molecule has 0 fully saturated rings. The summed E-state index contributed by atoms with van der Waals surface area (Å²) in [7, 11) is 0. The molecule has 0 bridgehead atoms. The molecular weight excluding hydrogens is 206 g/mol. The Kier molecular flexibility index (Phi) is 12.8. The number of hydrogen-bond acceptors (Lipinski definition) is 4. The van der Waals surface area contributed by atoms with E-state index < -0.39 is 0 Å². The summed E-state index contributed by atoms with van der Waals surface area (Å²) in [4.78, 5) is 0. The molecule has 1 atom stereocenters. The van der Waals surface area contributed by atoms with Gasteiger partial charge < -0.3 is 19.5 Å². The summed E-state index contributed by atoms with van der Waals surface area (Å²) in [5.74, 6) is 0. The largest absolute Gasteiger partial charge is 0.379 e. The summed E-state index contributed by atoms with van der Waals surface area (Å²) < 4.78 is 15.9. The van der Waals surface area contributed by atoms with Crippen LogP contribution in [-0.2, 0) is 14.2 Å². The lowest BCUT2D eigenvalue weighted by atomic mass is 10.3. The Hall–Kier alpha value is -0.160. The van der Waals surface area contributed by atoms with Crippen molar-refractivity contribution in [2.24, 2.45) is 0 Å². The van der Waals surface area contributed by atoms with E-state index in [1.165, 1.54) is 0 Å². The molecule has 16 heavy (non-hydrogen) atoms. The fraction of sp³-hybridized carbons (Fsp3) is 1.00. The highest BCUT2D eigenvalue weighted by atomic mass is 16.5. The third-order valence-electron chi connectivity index (χ3n) is 2.30. The van der Waals surface area contributed by atoms with Crippen molar-refractivity contribution in [3.05, 3.63) is 0 Å². The molecule has 0 radical (unpaired) electrons. The van der Waals surface area contributed by atoms with Crippen molar-refractivity contribution >= 4 is 0 Å². The maximum atomic E-state index is 5.41. The van der Waals surface area contributed by atoms with Gasteiger partial charge in [-0.1, -0.05) is 6.92 Å². The Labute approximate surface area is 101 Å². The highest BCUT2D eigenvalue weighted by Gasteiger charge is 1.95. The molecule has 0 amide bonds. The molecule has 4 nitrogen and oxygen atoms in total. The maximum absolute atomic E-state index is 5.41. The average Bonchev–Trinajstić information content (AvgIpc) is 2.31. The Bertz CT molecular complexity index is 139. The summed E-state index contributed by atoms with van der Waals surface area (Å²) in [5.41, 5.74) is 0. The first-order chi connectivity index (χ1) is 7.81. The predicted molar refractivity (Wildman–Crippen MR) is 68.0 cm³/mol. The van der Waals surface area contributed by atoms with Gasteiger partial charge in [-0.2, -0.15) is 0 Å². The van der Waals surface area contributed by atoms with Crippen LogP contribution in [-0.4, -0.2) is 52.2 Å². The van der Waals surface area contributed by atoms with Gasteiger partial charge >= 0.3 is 0 Å². The number of rotatable bonds is 12. The van der Waals surface area contributed by atoms with E-state index in [0.717, 1.165) is 26.2 Å². The lowest BCUT2D eigenvalue weighted by Gasteiger charge is -2.11. The van der Waals surface area contributed by atoms with Gasteiger partial charge in [0, 0.05) is 20.6 Å². The molecular formula is C12H29NO3. The van der Waals surface area contributed by atoms with Gasteiger partial charge in [0.25, 0.3) is 0 Å². The average molecular weight is 235 g/mol. The minimum absolute atomic E-state index is 0. The van der Waals surface area contributed by atoms with E-state index in [4.69, 9.17) is 14.2 Å². The van der Waals surface area contributed by atoms with Crippen LogP contribution in [0.5, 0.6) is 0 Å². The summed E-state index contributed by atoms with van der Waals surface area (Å²) in [5, 5.41) is 3.37. The first-order valence-electron chi connectivity index (χ1n) is 6.27. The molecule has 0 spiro atoms. The Morgan fingerprint density at radius 2 is 1.50 bits per heavy atom. The van der Waals surface area contributed by atoms with Crippen LogP contribution >= 0.6 is 0 Å². The van der Waals surface area contributed by atoms with E-state index in [-0.39, 0.29) is 1.43 Å². The van der Waals surface area contributed by atoms with Crippen LogP contribution < -0.4 is 5.32 Å². The first kappa shape index (κ1) is 15.8. The SMILES string of the molecule is CCOCCOCCOCCNC(C)CC.[HH]. The zero-order chi connectivity index (χ0) is 12.1. The molecule has 0 aromatic rings. The molecule has 0 aliphatic rings. The fourth-order valence-electron chi connectivity index (χ4n) is 1.11. The van der Waals surface area contributed by atoms with E-state index >= 15 is 0 Å². The standard InChI is InChI=1S/C12H27NO3.H2/c1-4-12(3)13-6-7-15-10-11-16-9-8-14-5-2;/h12-13H,4-11H2,1-3H3;1H. The molecule has 0 heterocycles. The van der Waals surface area contributed by atoms with Gasteiger partial charge in [-0.05, 0) is 20.3 Å². The lowest BCUT2D eigenvalue weighted by molar-refractivity contribution is 0.0173. The van der Waals surface area contributed by atoms with Gasteiger partial charge in [0.15, 0.2) is 0 Å². The van der Waals surface area contributed by atoms with Crippen LogP contribution in [0.2, 0.25) is 0 Å². The van der Waals surface area contributed by atoms with E-state index in [1.54, 1.807) is 0 Å². The van der Waals surface area contributed by atoms with Crippen molar-refractivity contribution in [2.75, 3.05) is 46.2 Å². The number of ether oxygens (including phenoxy) is 3. The highest BCUT2D eigenvalue weighted by Crippen LogP contribution is 1.86. The van der Waals surface area contributed by atoms with Crippen molar-refractivity contribution in [1.82, 2.24) is 5.32 Å². The van der Waals surface area contributed by atoms with Crippen LogP contribution in [0.1, 0.15) is 28.6 Å². The minimum Gasteiger partial charge on any atom is -0.379 e. The van der Waals surface area contributed by atoms with Crippen molar-refractivity contribution in [1.29, 1.82) is 0 Å². The van der Waals surface area contributed by atoms with Crippen molar-refractivity contribution < 1.29 is 15.6 Å². The molecule has 1 unspecified atom stereocenters. The third kappa shape index (κ3) is 11.9. The second-order valence-corrected chi connectivity index (χ2v) is 3.69. The maximum Gasteiger partial charge on any atom is 0.0701 e. The van der Waals surface area contributed by atoms with E-state index in [1.807, 2.05) is 6.92 Å². The molecule has 100 valence electrons. The normalized spacial score (nSPS) is 12.9. The van der Waals surface area contributed by atoms with Gasteiger partial charge in [0.05, 0.1) is 33.0 Å². The second-order valence-electron chi connectivity index (χ2n) is 3.69. The van der Waals surface area contributed by atoms with Crippen LogP contribution in [0.4, 0.5) is 0 Å². The van der Waals surface area contributed by atoms with Gasteiger partial charge in [-0.25, -0.2) is 0 Å². The van der Waals surface area contributed by atoms with Crippen LogP contribution in [0.3, 0.4) is 0 Å². The quantitative estimate of drug-likeness (QED) is 0.523. The topological polar surface area (TPSA) is 39.7 Å². The Morgan fingerprint density at radius 3 is 2.06 bits per heavy atom. The highest BCUT2D eigenvalue weighted by molar-refractivity contribution is 4.55. The summed E-state index contributed by atoms with van der Waals surface area (Å²) in [6.07, 6.45) is 1.15. The van der Waals surface area contributed by atoms with E-state index in [0.29, 0.717) is 32.5 Å². The van der Waals surface area contributed by atoms with Gasteiger partial charge in [0.2, 0.25) is 0 Å². The second kappa shape index (κ2) is 12.9. The van der Waals surface area contributed by atoms with E-state index in [9.17, 15) is 0 Å². The lowest BCUT2D eigenvalue weighted by Crippen LogP contribution is -2.29. The molecule has 0 aromatic carbocycles. The smallest absolute Gasteiger partial charge is 0.0701 e. The Balaban J connectivity index is 0. The van der Waals surface area contributed by atoms with Crippen LogP contribution in [0, 0.1) is 0 Å². The van der Waals surface area contributed by atoms with E-state index in [2.05, 4.69) is 19.2 Å². The monoisotopic (exact) mass is 235 g/mol. The van der Waals surface area contributed by atoms with Crippen molar-refractivity contribution in [3.8, 4) is 0 Å². The number of nitrogens with one attached hydrogen (secondary N) is 1. The molecule has 0 saturated carbocycles. The molecule has 0 aliphatic carbocycles. The summed E-state index contributed by atoms with van der Waals surface area (Å²) in [6.45, 7) is 11.4.